The molecule has 1 saturated carbocycles. The third-order valence-electron chi connectivity index (χ3n) is 5.52. The van der Waals surface area contributed by atoms with E-state index in [1.165, 1.54) is 12.7 Å². The zero-order chi connectivity index (χ0) is 18.4. The van der Waals surface area contributed by atoms with Crippen LogP contribution < -0.4 is 5.32 Å². The Kier molecular flexibility index (Phi) is 3.66. The van der Waals surface area contributed by atoms with Gasteiger partial charge in [-0.15, -0.1) is 10.2 Å². The Morgan fingerprint density at radius 1 is 1.37 bits per heavy atom. The number of nitrogens with one attached hydrogen (secondary N) is 2. The van der Waals surface area contributed by atoms with Crippen molar-refractivity contribution < 1.29 is 9.21 Å². The first-order valence-corrected chi connectivity index (χ1v) is 9.10. The lowest BCUT2D eigenvalue weighted by Crippen LogP contribution is -2.33. The summed E-state index contributed by atoms with van der Waals surface area (Å²) in [7, 11) is 0. The Morgan fingerprint density at radius 3 is 3.11 bits per heavy atom. The molecule has 138 valence electrons. The van der Waals surface area contributed by atoms with Crippen LogP contribution in [0, 0.1) is 5.92 Å². The number of carbonyl (C=O) groups excluding carboxylic acids is 1. The van der Waals surface area contributed by atoms with E-state index in [2.05, 4.69) is 41.8 Å². The van der Waals surface area contributed by atoms with Gasteiger partial charge in [-0.1, -0.05) is 13.3 Å². The van der Waals surface area contributed by atoms with Crippen molar-refractivity contribution >= 4 is 22.7 Å². The number of H-pyrrole nitrogens is 1. The molecule has 3 atom stereocenters. The van der Waals surface area contributed by atoms with Gasteiger partial charge in [-0.05, 0) is 24.8 Å². The van der Waals surface area contributed by atoms with Gasteiger partial charge in [-0.25, -0.2) is 9.97 Å². The Balaban J connectivity index is 1.47. The molecule has 0 aromatic carbocycles. The molecule has 1 amide bonds. The number of aromatic nitrogens is 6. The maximum Gasteiger partial charge on any atom is 0.273 e. The van der Waals surface area contributed by atoms with Crippen LogP contribution >= 0.6 is 0 Å². The molecule has 0 unspecified atom stereocenters. The molecule has 1 fully saturated rings. The van der Waals surface area contributed by atoms with Gasteiger partial charge in [0.15, 0.2) is 23.4 Å². The maximum atomic E-state index is 12.3. The Hall–Kier alpha value is -3.23. The van der Waals surface area contributed by atoms with E-state index in [0.29, 0.717) is 11.6 Å². The van der Waals surface area contributed by atoms with Crippen LogP contribution in [-0.2, 0) is 0 Å². The average molecular weight is 365 g/mol. The molecule has 0 spiro atoms. The van der Waals surface area contributed by atoms with Crippen molar-refractivity contribution in [1.82, 2.24) is 34.9 Å². The molecule has 0 saturated heterocycles. The first-order valence-electron chi connectivity index (χ1n) is 9.10. The van der Waals surface area contributed by atoms with Crippen LogP contribution in [0.3, 0.4) is 0 Å². The van der Waals surface area contributed by atoms with Crippen LogP contribution in [0.2, 0.25) is 0 Å². The predicted molar refractivity (Wildman–Crippen MR) is 96.2 cm³/mol. The molecule has 0 aliphatic heterocycles. The fourth-order valence-corrected chi connectivity index (χ4v) is 4.23. The summed E-state index contributed by atoms with van der Waals surface area (Å²) in [4.78, 5) is 23.8. The number of hydrogen-bond acceptors (Lipinski definition) is 6. The Morgan fingerprint density at radius 2 is 2.30 bits per heavy atom. The van der Waals surface area contributed by atoms with E-state index in [1.807, 2.05) is 12.3 Å². The fourth-order valence-electron chi connectivity index (χ4n) is 4.23. The van der Waals surface area contributed by atoms with Gasteiger partial charge in [0.25, 0.3) is 5.91 Å². The van der Waals surface area contributed by atoms with Crippen molar-refractivity contribution in [3.63, 3.8) is 0 Å². The van der Waals surface area contributed by atoms with Crippen LogP contribution in [0.5, 0.6) is 0 Å². The molecule has 4 aromatic rings. The first kappa shape index (κ1) is 16.0. The molecule has 2 N–H and O–H groups in total. The fraction of sp³-hybridized carbons (Fsp3) is 0.389. The smallest absolute Gasteiger partial charge is 0.273 e. The van der Waals surface area contributed by atoms with E-state index in [-0.39, 0.29) is 17.9 Å². The minimum Gasteiger partial charge on any atom is -0.451 e. The summed E-state index contributed by atoms with van der Waals surface area (Å²) < 4.78 is 6.98. The second-order valence-corrected chi connectivity index (χ2v) is 7.01. The molecule has 1 aliphatic rings. The first-order chi connectivity index (χ1) is 13.2. The van der Waals surface area contributed by atoms with Gasteiger partial charge in [0, 0.05) is 18.2 Å². The van der Waals surface area contributed by atoms with E-state index in [4.69, 9.17) is 4.42 Å². The van der Waals surface area contributed by atoms with Gasteiger partial charge in [-0.3, -0.25) is 9.20 Å². The van der Waals surface area contributed by atoms with Crippen molar-refractivity contribution in [2.45, 2.75) is 38.1 Å². The standard InChI is InChI=1S/C18H19N7O2/c1-2-10-5-11(22-18(26)13-8-27-9-21-13)6-12(10)17-24-23-15-7-20-16-14(25(15)17)3-4-19-16/h3-4,7-12,19H,2,5-6H2,1H3,(H,22,26)/t10-,11+,12+/m1/s1. The largest absolute Gasteiger partial charge is 0.451 e. The third kappa shape index (κ3) is 2.57. The molecular formula is C18H19N7O2. The number of aromatic amines is 1. The molecule has 4 aromatic heterocycles. The lowest BCUT2D eigenvalue weighted by molar-refractivity contribution is 0.0932. The number of fused-ring (bicyclic) bond motifs is 3. The Labute approximate surface area is 154 Å². The molecule has 0 bridgehead atoms. The molecule has 9 heteroatoms. The number of amides is 1. The van der Waals surface area contributed by atoms with Crippen molar-refractivity contribution in [3.05, 3.63) is 42.6 Å². The summed E-state index contributed by atoms with van der Waals surface area (Å²) in [5, 5.41) is 11.9. The number of oxazole rings is 1. The third-order valence-corrected chi connectivity index (χ3v) is 5.52. The van der Waals surface area contributed by atoms with Crippen molar-refractivity contribution in [1.29, 1.82) is 0 Å². The van der Waals surface area contributed by atoms with Crippen LogP contribution in [-0.4, -0.2) is 41.5 Å². The number of carbonyl (C=O) groups is 1. The second-order valence-electron chi connectivity index (χ2n) is 7.01. The summed E-state index contributed by atoms with van der Waals surface area (Å²) in [5.41, 5.74) is 2.82. The summed E-state index contributed by atoms with van der Waals surface area (Å²) in [6, 6.07) is 2.06. The summed E-state index contributed by atoms with van der Waals surface area (Å²) in [6.45, 7) is 2.18. The molecule has 27 heavy (non-hydrogen) atoms. The summed E-state index contributed by atoms with van der Waals surface area (Å²) in [5.74, 6) is 1.37. The lowest BCUT2D eigenvalue weighted by atomic mass is 9.93. The summed E-state index contributed by atoms with van der Waals surface area (Å²) >= 11 is 0. The van der Waals surface area contributed by atoms with E-state index >= 15 is 0 Å². The van der Waals surface area contributed by atoms with Crippen molar-refractivity contribution in [2.75, 3.05) is 0 Å². The Bertz CT molecular complexity index is 1100. The SMILES string of the molecule is CC[C@@H]1C[C@H](NC(=O)c2cocn2)C[C@@H]1c1nnc2cnc3[nH]ccc3n12. The van der Waals surface area contributed by atoms with Gasteiger partial charge >= 0.3 is 0 Å². The zero-order valence-electron chi connectivity index (χ0n) is 14.8. The van der Waals surface area contributed by atoms with Crippen LogP contribution in [0.4, 0.5) is 0 Å². The average Bonchev–Trinajstić information content (AvgIpc) is 3.45. The molecular weight excluding hydrogens is 346 g/mol. The maximum absolute atomic E-state index is 12.3. The second kappa shape index (κ2) is 6.19. The topological polar surface area (TPSA) is 114 Å². The molecule has 0 radical (unpaired) electrons. The highest BCUT2D eigenvalue weighted by Gasteiger charge is 2.38. The normalized spacial score (nSPS) is 22.6. The molecule has 1 aliphatic carbocycles. The van der Waals surface area contributed by atoms with Gasteiger partial charge in [0.1, 0.15) is 12.1 Å². The summed E-state index contributed by atoms with van der Waals surface area (Å²) in [6.07, 6.45) is 8.96. The number of nitrogens with zero attached hydrogens (tertiary/aromatic N) is 5. The lowest BCUT2D eigenvalue weighted by Gasteiger charge is -2.15. The predicted octanol–water partition coefficient (Wildman–Crippen LogP) is 2.30. The highest BCUT2D eigenvalue weighted by Crippen LogP contribution is 2.41. The molecule has 4 heterocycles. The van der Waals surface area contributed by atoms with E-state index in [9.17, 15) is 4.79 Å². The van der Waals surface area contributed by atoms with Crippen LogP contribution in [0.15, 0.2) is 35.5 Å². The minimum absolute atomic E-state index is 0.0695. The number of rotatable bonds is 4. The highest BCUT2D eigenvalue weighted by molar-refractivity contribution is 5.92. The number of hydrogen-bond donors (Lipinski definition) is 2. The quantitative estimate of drug-likeness (QED) is 0.573. The van der Waals surface area contributed by atoms with Gasteiger partial charge < -0.3 is 14.7 Å². The van der Waals surface area contributed by atoms with E-state index in [0.717, 1.165) is 41.9 Å². The molecule has 9 nitrogen and oxygen atoms in total. The van der Waals surface area contributed by atoms with Crippen LogP contribution in [0.25, 0.3) is 16.8 Å². The zero-order valence-corrected chi connectivity index (χ0v) is 14.8. The molecule has 5 rings (SSSR count). The van der Waals surface area contributed by atoms with Gasteiger partial charge in [-0.2, -0.15) is 0 Å². The van der Waals surface area contributed by atoms with Gasteiger partial charge in [0.2, 0.25) is 0 Å². The van der Waals surface area contributed by atoms with Crippen LogP contribution in [0.1, 0.15) is 48.4 Å². The van der Waals surface area contributed by atoms with Crippen molar-refractivity contribution in [3.8, 4) is 0 Å². The monoisotopic (exact) mass is 365 g/mol. The van der Waals surface area contributed by atoms with Gasteiger partial charge in [0.05, 0.1) is 11.7 Å². The van der Waals surface area contributed by atoms with Crippen molar-refractivity contribution in [2.24, 2.45) is 5.92 Å². The van der Waals surface area contributed by atoms with E-state index in [1.54, 1.807) is 6.20 Å². The highest BCUT2D eigenvalue weighted by atomic mass is 16.3. The van der Waals surface area contributed by atoms with E-state index < -0.39 is 0 Å². The minimum atomic E-state index is -0.201.